The topological polar surface area (TPSA) is 162 Å². The number of rotatable bonds is 13. The van der Waals surface area contributed by atoms with Crippen LogP contribution in [0.3, 0.4) is 0 Å². The van der Waals surface area contributed by atoms with Gasteiger partial charge in [-0.25, -0.2) is 0 Å². The number of hydrogen-bond donors (Lipinski definition) is 5. The second kappa shape index (κ2) is 23.8. The lowest BCUT2D eigenvalue weighted by Gasteiger charge is -2.18. The fourth-order valence-corrected chi connectivity index (χ4v) is 3.61. The number of carbonyl (C=O) groups excluding carboxylic acids is 2. The van der Waals surface area contributed by atoms with E-state index in [4.69, 9.17) is 25.8 Å². The van der Waals surface area contributed by atoms with Crippen LogP contribution in [0.25, 0.3) is 0 Å². The van der Waals surface area contributed by atoms with E-state index in [1.54, 1.807) is 0 Å². The number of unbranched alkanes of at least 4 members (excludes halogenated alkanes) is 1. The minimum atomic E-state index is -0.750. The molecule has 0 radical (unpaired) electrons. The normalized spacial score (nSPS) is 12.6. The molecule has 1 aromatic carbocycles. The Balaban J connectivity index is 0. The van der Waals surface area contributed by atoms with Crippen LogP contribution in [-0.2, 0) is 16.0 Å². The number of carbonyl (C=O) groups is 3. The smallest absolute Gasteiger partial charge is 0.290 e. The summed E-state index contributed by atoms with van der Waals surface area (Å²) in [5.74, 6) is 0.393. The van der Waals surface area contributed by atoms with Gasteiger partial charge < -0.3 is 26.4 Å². The third-order valence-electron chi connectivity index (χ3n) is 6.10. The number of aliphatic imine (C=N–C) groups is 1. The van der Waals surface area contributed by atoms with Gasteiger partial charge in [-0.15, -0.1) is 0 Å². The summed E-state index contributed by atoms with van der Waals surface area (Å²) >= 11 is 0. The van der Waals surface area contributed by atoms with Gasteiger partial charge in [0.25, 0.3) is 18.3 Å². The molecule has 0 heterocycles. The number of aliphatic hydroxyl groups is 2. The van der Waals surface area contributed by atoms with Gasteiger partial charge in [0.15, 0.2) is 0 Å². The molecule has 9 nitrogen and oxygen atoms in total. The molecule has 0 aliphatic rings. The van der Waals surface area contributed by atoms with E-state index in [0.717, 1.165) is 55.2 Å². The molecule has 220 valence electrons. The summed E-state index contributed by atoms with van der Waals surface area (Å²) in [4.78, 5) is 37.9. The summed E-state index contributed by atoms with van der Waals surface area (Å²) < 4.78 is 0. The first-order chi connectivity index (χ1) is 18.6. The van der Waals surface area contributed by atoms with Crippen molar-refractivity contribution in [2.24, 2.45) is 16.6 Å². The first-order valence-electron chi connectivity index (χ1n) is 13.5. The number of nitrogens with zero attached hydrogens (tertiary/aromatic N) is 1. The van der Waals surface area contributed by atoms with Gasteiger partial charge in [-0.1, -0.05) is 57.9 Å². The zero-order chi connectivity index (χ0) is 30.2. The van der Waals surface area contributed by atoms with Gasteiger partial charge in [-0.3, -0.25) is 14.4 Å². The molecule has 6 N–H and O–H groups in total. The van der Waals surface area contributed by atoms with Crippen molar-refractivity contribution in [3.63, 3.8) is 0 Å². The predicted molar refractivity (Wildman–Crippen MR) is 157 cm³/mol. The van der Waals surface area contributed by atoms with Crippen LogP contribution in [0.2, 0.25) is 0 Å². The molecule has 39 heavy (non-hydrogen) atoms. The summed E-state index contributed by atoms with van der Waals surface area (Å²) in [5.41, 5.74) is 10.5. The fourth-order valence-electron chi connectivity index (χ4n) is 3.61. The Bertz CT molecular complexity index is 937. The van der Waals surface area contributed by atoms with Crippen molar-refractivity contribution in [1.29, 1.82) is 0 Å². The highest BCUT2D eigenvalue weighted by atomic mass is 16.5. The zero-order valence-corrected chi connectivity index (χ0v) is 24.5. The van der Waals surface area contributed by atoms with Crippen LogP contribution in [-0.4, -0.2) is 52.8 Å². The van der Waals surface area contributed by atoms with E-state index in [1.165, 1.54) is 0 Å². The molecular weight excluding hydrogens is 498 g/mol. The molecule has 1 rings (SSSR count). The Morgan fingerprint density at radius 1 is 1.08 bits per heavy atom. The van der Waals surface area contributed by atoms with Gasteiger partial charge in [0.1, 0.15) is 12.6 Å². The van der Waals surface area contributed by atoms with E-state index in [-0.39, 0.29) is 24.2 Å². The molecule has 0 aliphatic carbocycles. The second-order valence-corrected chi connectivity index (χ2v) is 8.89. The van der Waals surface area contributed by atoms with Crippen molar-refractivity contribution in [3.05, 3.63) is 58.2 Å². The number of hydrogen-bond acceptors (Lipinski definition) is 5. The molecule has 0 bridgehead atoms. The molecule has 0 saturated carbocycles. The number of amides is 2. The number of amidine groups is 1. The van der Waals surface area contributed by atoms with Crippen LogP contribution in [0.1, 0.15) is 96.0 Å². The van der Waals surface area contributed by atoms with Crippen molar-refractivity contribution in [2.75, 3.05) is 13.3 Å². The van der Waals surface area contributed by atoms with Crippen molar-refractivity contribution in [2.45, 2.75) is 86.5 Å². The fraction of sp³-hybridized carbons (Fsp3) is 0.533. The highest BCUT2D eigenvalue weighted by Gasteiger charge is 2.20. The third-order valence-corrected chi connectivity index (χ3v) is 6.10. The Morgan fingerprint density at radius 3 is 2.10 bits per heavy atom. The van der Waals surface area contributed by atoms with E-state index < -0.39 is 6.79 Å². The van der Waals surface area contributed by atoms with E-state index in [9.17, 15) is 9.59 Å². The van der Waals surface area contributed by atoms with Crippen molar-refractivity contribution in [3.8, 4) is 0 Å². The van der Waals surface area contributed by atoms with E-state index >= 15 is 0 Å². The van der Waals surface area contributed by atoms with Gasteiger partial charge in [-0.05, 0) is 75.1 Å². The molecule has 1 aromatic rings. The number of nitrogens with two attached hydrogens (primary N) is 1. The molecule has 0 aliphatic heterocycles. The van der Waals surface area contributed by atoms with Crippen molar-refractivity contribution in [1.82, 2.24) is 5.32 Å². The summed E-state index contributed by atoms with van der Waals surface area (Å²) in [7, 11) is 0. The lowest BCUT2D eigenvalue weighted by molar-refractivity contribution is -0.123. The number of nitrogens with one attached hydrogen (secondary N) is 1. The van der Waals surface area contributed by atoms with Gasteiger partial charge >= 0.3 is 0 Å². The first-order valence-corrected chi connectivity index (χ1v) is 13.5. The second-order valence-electron chi connectivity index (χ2n) is 8.89. The monoisotopic (exact) mass is 547 g/mol. The molecule has 0 spiro atoms. The van der Waals surface area contributed by atoms with Crippen LogP contribution in [0.4, 0.5) is 0 Å². The number of aryl methyl sites for hydroxylation is 1. The van der Waals surface area contributed by atoms with E-state index in [2.05, 4.69) is 31.1 Å². The van der Waals surface area contributed by atoms with Crippen LogP contribution in [0, 0.1) is 5.92 Å². The van der Waals surface area contributed by atoms with E-state index in [0.29, 0.717) is 29.9 Å². The number of aliphatic hydroxyl groups excluding tert-OH is 1. The molecular formula is C30H49N3O6. The van der Waals surface area contributed by atoms with Gasteiger partial charge in [-0.2, -0.15) is 4.99 Å². The van der Waals surface area contributed by atoms with Gasteiger partial charge in [0.05, 0.1) is 0 Å². The lowest BCUT2D eigenvalue weighted by Crippen LogP contribution is -2.24. The quantitative estimate of drug-likeness (QED) is 0.0452. The first kappa shape index (κ1) is 37.9. The molecule has 0 aromatic heterocycles. The summed E-state index contributed by atoms with van der Waals surface area (Å²) in [6.45, 7) is 12.1. The largest absolute Gasteiger partial charge is 0.483 e. The maximum absolute atomic E-state index is 13.1. The summed E-state index contributed by atoms with van der Waals surface area (Å²) in [6, 6.07) is 7.72. The summed E-state index contributed by atoms with van der Waals surface area (Å²) in [6.07, 6.45) is 7.97. The molecule has 0 fully saturated rings. The minimum Gasteiger partial charge on any atom is -0.483 e. The van der Waals surface area contributed by atoms with Crippen LogP contribution < -0.4 is 11.1 Å². The van der Waals surface area contributed by atoms with Gasteiger partial charge in [0.2, 0.25) is 0 Å². The predicted octanol–water partition coefficient (Wildman–Crippen LogP) is 4.77. The third kappa shape index (κ3) is 16.3. The molecule has 2 amide bonds. The summed E-state index contributed by atoms with van der Waals surface area (Å²) in [5, 5.41) is 24.1. The van der Waals surface area contributed by atoms with Crippen molar-refractivity contribution < 1.29 is 29.7 Å². The Hall–Kier alpha value is -3.30. The SMILES string of the molecule is C/C=C(CCc1ccc(C(=O)NCCCC)cc1)\C(C(=O)N=C(N)CCC)=C(\C)C(C)CC.O=CO.OCO. The molecule has 9 heteroatoms. The molecule has 1 atom stereocenters. The Labute approximate surface area is 233 Å². The van der Waals surface area contributed by atoms with E-state index in [1.807, 2.05) is 51.1 Å². The average molecular weight is 548 g/mol. The van der Waals surface area contributed by atoms with Crippen molar-refractivity contribution >= 4 is 24.1 Å². The number of allylic oxidation sites excluding steroid dienone is 2. The maximum Gasteiger partial charge on any atom is 0.290 e. The maximum atomic E-state index is 13.1. The zero-order valence-electron chi connectivity index (χ0n) is 24.5. The minimum absolute atomic E-state index is 0.0355. The molecule has 1 unspecified atom stereocenters. The van der Waals surface area contributed by atoms with Crippen LogP contribution in [0.5, 0.6) is 0 Å². The average Bonchev–Trinajstić information content (AvgIpc) is 2.91. The molecule has 0 saturated heterocycles. The van der Waals surface area contributed by atoms with Crippen LogP contribution >= 0.6 is 0 Å². The Kier molecular flexibility index (Phi) is 23.1. The van der Waals surface area contributed by atoms with Crippen LogP contribution in [0.15, 0.2) is 52.1 Å². The highest BCUT2D eigenvalue weighted by Crippen LogP contribution is 2.27. The lowest BCUT2D eigenvalue weighted by atomic mass is 9.88. The van der Waals surface area contributed by atoms with Gasteiger partial charge in [0, 0.05) is 24.1 Å². The Morgan fingerprint density at radius 2 is 1.64 bits per heavy atom. The highest BCUT2D eigenvalue weighted by molar-refractivity contribution is 6.05. The number of carboxylic acid groups (broad SMARTS) is 1. The standard InChI is InChI=1S/C28H43N3O2.CH4O2.CH2O2/c1-7-11-19-30-27(32)24-17-14-22(15-18-24)13-16-23(10-4)26(21(6)20(5)9-3)28(33)31-25(29)12-8-2;2*2-1-3/h10,14-15,17-18,20H,7-9,11-13,16,19H2,1-6H3,(H,30,32)(H2,29,31,33);2-3H,1H2;1H,(H,2,3)/b23-10-,26-21+;;. The number of benzene rings is 1.